The minimum atomic E-state index is -5.71. The third-order valence-electron chi connectivity index (χ3n) is 8.50. The van der Waals surface area contributed by atoms with Crippen LogP contribution in [0.3, 0.4) is 0 Å². The molecule has 0 N–H and O–H groups in total. The van der Waals surface area contributed by atoms with E-state index < -0.39 is 30.7 Å². The number of amides is 1. The van der Waals surface area contributed by atoms with Gasteiger partial charge in [-0.15, -0.1) is 0 Å². The van der Waals surface area contributed by atoms with E-state index in [1.807, 2.05) is 38.1 Å². The Balaban J connectivity index is 1.80. The second-order valence-electron chi connectivity index (χ2n) is 16.0. The number of hydrogen-bond acceptors (Lipinski definition) is 9. The topological polar surface area (TPSA) is 101 Å². The molecule has 1 spiro atoms. The molecule has 1 aromatic heterocycles. The molecule has 2 aliphatic rings. The van der Waals surface area contributed by atoms with Crippen molar-refractivity contribution in [3.63, 3.8) is 0 Å². The Labute approximate surface area is 301 Å². The van der Waals surface area contributed by atoms with Gasteiger partial charge in [0.1, 0.15) is 0 Å². The molecule has 3 heterocycles. The molecule has 2 aliphatic heterocycles. The van der Waals surface area contributed by atoms with Crippen LogP contribution in [0.15, 0.2) is 65.9 Å². The van der Waals surface area contributed by atoms with Gasteiger partial charge in [-0.3, -0.25) is 0 Å². The zero-order valence-electron chi connectivity index (χ0n) is 31.8. The van der Waals surface area contributed by atoms with Crippen LogP contribution in [-0.2, 0) is 31.2 Å². The van der Waals surface area contributed by atoms with Crippen LogP contribution in [-0.4, -0.2) is 34.1 Å². The van der Waals surface area contributed by atoms with Crippen LogP contribution in [0.1, 0.15) is 103 Å². The molecular weight excluding hydrogens is 665 g/mol. The number of benzene rings is 3. The minimum absolute atomic E-state index is 0.255. The van der Waals surface area contributed by atoms with Crippen molar-refractivity contribution >= 4 is 30.7 Å². The monoisotopic (exact) mass is 715 g/mol. The first kappa shape index (κ1) is 36.2. The standard InChI is InChI=1S/C40H50N3O7P/c1-24(2)45-37-42-43(38(44)46-25(3)4)51(50-37,47-33-17-13-15-28-16-14-18-41-34(28)33)48-35-29(19-26(5)21-31(35)39(7,8)9)23-30-20-27(6)22-32(36(30)49-51)40(10,11)12/h13-22,24-25H,23H2,1-12H3. The number of aromatic nitrogens is 1. The van der Waals surface area contributed by atoms with Gasteiger partial charge in [0, 0.05) is 0 Å². The van der Waals surface area contributed by atoms with Gasteiger partial charge in [-0.2, -0.15) is 0 Å². The molecule has 3 aromatic carbocycles. The normalized spacial score (nSPS) is 17.2. The average molecular weight is 716 g/mol. The molecule has 0 saturated carbocycles. The summed E-state index contributed by atoms with van der Waals surface area (Å²) in [5.74, 6) is 1.19. The van der Waals surface area contributed by atoms with Gasteiger partial charge in [0.15, 0.2) is 0 Å². The average Bonchev–Trinajstić information content (AvgIpc) is 3.31. The number of para-hydroxylation sites is 1. The molecule has 0 atom stereocenters. The van der Waals surface area contributed by atoms with Crippen molar-refractivity contribution in [2.45, 2.75) is 113 Å². The summed E-state index contributed by atoms with van der Waals surface area (Å²) in [7, 11) is -5.71. The number of ether oxygens (including phenoxy) is 2. The number of carbonyl (C=O) groups excluding carboxylic acids is 1. The van der Waals surface area contributed by atoms with Crippen molar-refractivity contribution in [3.05, 3.63) is 94.2 Å². The Bertz CT molecular complexity index is 1970. The fraction of sp³-hybridized carbons (Fsp3) is 0.425. The SMILES string of the molecule is Cc1cc2c(c(C(C)(C)C)c1)OP1(Oc3cccc4cccnc34)(OC(OC(C)C)=NN1C(=O)OC(C)C)Oc1c(cc(C)cc1C(C)(C)C)C2. The fourth-order valence-corrected chi connectivity index (χ4v) is 9.27. The van der Waals surface area contributed by atoms with Crippen LogP contribution >= 0.6 is 7.66 Å². The third-order valence-corrected chi connectivity index (χ3v) is 11.3. The van der Waals surface area contributed by atoms with Crippen LogP contribution in [0.25, 0.3) is 10.9 Å². The Hall–Kier alpha value is -4.56. The first-order valence-corrected chi connectivity index (χ1v) is 19.3. The van der Waals surface area contributed by atoms with Gasteiger partial charge >= 0.3 is 302 Å². The predicted molar refractivity (Wildman–Crippen MR) is 201 cm³/mol. The number of carbonyl (C=O) groups is 1. The van der Waals surface area contributed by atoms with Crippen LogP contribution in [0.5, 0.6) is 17.2 Å². The van der Waals surface area contributed by atoms with Crippen LogP contribution in [0, 0.1) is 13.8 Å². The summed E-state index contributed by atoms with van der Waals surface area (Å²) in [5, 5.41) is 5.43. The number of rotatable bonds is 4. The van der Waals surface area contributed by atoms with Gasteiger partial charge in [0.2, 0.25) is 0 Å². The van der Waals surface area contributed by atoms with Crippen molar-refractivity contribution in [2.75, 3.05) is 0 Å². The molecule has 0 radical (unpaired) electrons. The van der Waals surface area contributed by atoms with E-state index >= 15 is 0 Å². The number of fused-ring (bicyclic) bond motifs is 3. The van der Waals surface area contributed by atoms with E-state index in [-0.39, 0.29) is 17.9 Å². The molecule has 51 heavy (non-hydrogen) atoms. The fourth-order valence-electron chi connectivity index (χ4n) is 6.35. The van der Waals surface area contributed by atoms with Crippen LogP contribution < -0.4 is 13.6 Å². The molecule has 4 aromatic rings. The van der Waals surface area contributed by atoms with E-state index in [1.165, 1.54) is 0 Å². The molecule has 0 aliphatic carbocycles. The zero-order valence-corrected chi connectivity index (χ0v) is 32.7. The summed E-state index contributed by atoms with van der Waals surface area (Å²) < 4.78 is 41.8. The number of hydrogen-bond donors (Lipinski definition) is 0. The van der Waals surface area contributed by atoms with Crippen molar-refractivity contribution in [3.8, 4) is 17.2 Å². The summed E-state index contributed by atoms with van der Waals surface area (Å²) in [5.41, 5.74) is 5.27. The predicted octanol–water partition coefficient (Wildman–Crippen LogP) is 10.6. The summed E-state index contributed by atoms with van der Waals surface area (Å²) in [6, 6.07) is 17.7. The van der Waals surface area contributed by atoms with Crippen LogP contribution in [0.4, 0.5) is 4.79 Å². The Morgan fingerprint density at radius 2 is 1.37 bits per heavy atom. The van der Waals surface area contributed by atoms with Crippen molar-refractivity contribution in [1.82, 2.24) is 9.76 Å². The van der Waals surface area contributed by atoms with E-state index in [1.54, 1.807) is 26.1 Å². The molecule has 10 nitrogen and oxygen atoms in total. The van der Waals surface area contributed by atoms with E-state index in [4.69, 9.17) is 27.6 Å². The van der Waals surface area contributed by atoms with Gasteiger partial charge < -0.3 is 0 Å². The van der Waals surface area contributed by atoms with Crippen LogP contribution in [0.2, 0.25) is 0 Å². The van der Waals surface area contributed by atoms with Gasteiger partial charge in [-0.05, 0) is 0 Å². The van der Waals surface area contributed by atoms with Gasteiger partial charge in [0.05, 0.1) is 0 Å². The second-order valence-corrected chi connectivity index (χ2v) is 18.7. The van der Waals surface area contributed by atoms with E-state index in [0.717, 1.165) is 43.5 Å². The molecule has 1 amide bonds. The number of nitrogens with zero attached hydrogens (tertiary/aromatic N) is 3. The second kappa shape index (κ2) is 12.6. The maximum atomic E-state index is 14.6. The summed E-state index contributed by atoms with van der Waals surface area (Å²) >= 11 is 0. The van der Waals surface area contributed by atoms with Gasteiger partial charge in [0.25, 0.3) is 0 Å². The molecule has 272 valence electrons. The Morgan fingerprint density at radius 1 is 0.804 bits per heavy atom. The van der Waals surface area contributed by atoms with E-state index in [0.29, 0.717) is 23.4 Å². The molecule has 0 fully saturated rings. The van der Waals surface area contributed by atoms with Crippen molar-refractivity contribution in [1.29, 1.82) is 0 Å². The molecule has 0 bridgehead atoms. The number of pyridine rings is 1. The number of hydrazone groups is 1. The van der Waals surface area contributed by atoms with E-state index in [9.17, 15) is 4.79 Å². The zero-order chi connectivity index (χ0) is 37.1. The molecular formula is C40H50N3O7P. The summed E-state index contributed by atoms with van der Waals surface area (Å²) in [6.07, 6.45) is 0.0896. The molecule has 0 unspecified atom stereocenters. The molecule has 0 saturated heterocycles. The summed E-state index contributed by atoms with van der Waals surface area (Å²) in [6.45, 7) is 24.0. The van der Waals surface area contributed by atoms with Crippen molar-refractivity contribution in [2.24, 2.45) is 5.10 Å². The first-order chi connectivity index (χ1) is 23.8. The molecule has 6 rings (SSSR count). The number of aryl methyl sites for hydroxylation is 2. The van der Waals surface area contributed by atoms with E-state index in [2.05, 4.69) is 89.7 Å². The van der Waals surface area contributed by atoms with Gasteiger partial charge in [-0.1, -0.05) is 0 Å². The first-order valence-electron chi connectivity index (χ1n) is 17.5. The molecule has 11 heteroatoms. The maximum absolute atomic E-state index is 14.6. The third kappa shape index (κ3) is 6.78. The quantitative estimate of drug-likeness (QED) is 0.193. The van der Waals surface area contributed by atoms with Crippen molar-refractivity contribution < 1.29 is 32.4 Å². The van der Waals surface area contributed by atoms with Gasteiger partial charge in [-0.25, -0.2) is 0 Å². The summed E-state index contributed by atoms with van der Waals surface area (Å²) in [4.78, 5) is 19.2. The Kier molecular flexibility index (Phi) is 8.94. The Morgan fingerprint density at radius 3 is 1.90 bits per heavy atom.